The maximum atomic E-state index is 9.96. The van der Waals surface area contributed by atoms with E-state index >= 15 is 0 Å². The Morgan fingerprint density at radius 3 is 2.88 bits per heavy atom. The molecular formula is C12H17NO4. The normalized spacial score (nSPS) is 16.9. The summed E-state index contributed by atoms with van der Waals surface area (Å²) < 4.78 is 10.4. The maximum absolute atomic E-state index is 9.96. The molecule has 0 saturated carbocycles. The van der Waals surface area contributed by atoms with Gasteiger partial charge in [-0.2, -0.15) is 0 Å². The molecule has 1 heterocycles. The van der Waals surface area contributed by atoms with E-state index in [1.54, 1.807) is 12.1 Å². The van der Waals surface area contributed by atoms with E-state index in [-0.39, 0.29) is 19.4 Å². The average molecular weight is 239 g/mol. The molecule has 0 spiro atoms. The Balaban J connectivity index is 1.97. The Hall–Kier alpha value is -1.30. The van der Waals surface area contributed by atoms with Crippen molar-refractivity contribution in [1.82, 2.24) is 5.32 Å². The van der Waals surface area contributed by atoms with Crippen LogP contribution in [0.2, 0.25) is 0 Å². The highest BCUT2D eigenvalue weighted by molar-refractivity contribution is 5.45. The largest absolute Gasteiger partial charge is 0.454 e. The lowest BCUT2D eigenvalue weighted by molar-refractivity contribution is 0.160. The SMILES string of the molecule is CC(CO)NCC(O)c1ccc2c(c1)OCO2. The zero-order chi connectivity index (χ0) is 12.3. The van der Waals surface area contributed by atoms with Crippen molar-refractivity contribution in [3.05, 3.63) is 23.8 Å². The average Bonchev–Trinajstić information content (AvgIpc) is 2.82. The molecule has 0 bridgehead atoms. The third-order valence-electron chi connectivity index (χ3n) is 2.71. The van der Waals surface area contributed by atoms with Crippen molar-refractivity contribution in [2.24, 2.45) is 0 Å². The molecule has 0 saturated heterocycles. The van der Waals surface area contributed by atoms with Crippen LogP contribution in [0.25, 0.3) is 0 Å². The van der Waals surface area contributed by atoms with E-state index in [1.165, 1.54) is 0 Å². The predicted molar refractivity (Wildman–Crippen MR) is 62.1 cm³/mol. The van der Waals surface area contributed by atoms with Crippen LogP contribution < -0.4 is 14.8 Å². The van der Waals surface area contributed by atoms with Crippen LogP contribution >= 0.6 is 0 Å². The van der Waals surface area contributed by atoms with Crippen LogP contribution in [0.4, 0.5) is 0 Å². The lowest BCUT2D eigenvalue weighted by Gasteiger charge is -2.15. The first-order valence-corrected chi connectivity index (χ1v) is 5.62. The first kappa shape index (κ1) is 12.2. The van der Waals surface area contributed by atoms with Crippen LogP contribution in [-0.2, 0) is 0 Å². The summed E-state index contributed by atoms with van der Waals surface area (Å²) in [5.74, 6) is 1.37. The fraction of sp³-hybridized carbons (Fsp3) is 0.500. The summed E-state index contributed by atoms with van der Waals surface area (Å²) in [6, 6.07) is 5.34. The quantitative estimate of drug-likeness (QED) is 0.694. The van der Waals surface area contributed by atoms with Gasteiger partial charge in [0.25, 0.3) is 0 Å². The summed E-state index contributed by atoms with van der Waals surface area (Å²) in [6.45, 7) is 2.52. The molecule has 1 aliphatic heterocycles. The Morgan fingerprint density at radius 2 is 2.12 bits per heavy atom. The first-order valence-electron chi connectivity index (χ1n) is 5.62. The minimum Gasteiger partial charge on any atom is -0.454 e. The van der Waals surface area contributed by atoms with Gasteiger partial charge in [0.1, 0.15) is 0 Å². The van der Waals surface area contributed by atoms with Crippen LogP contribution in [0, 0.1) is 0 Å². The fourth-order valence-electron chi connectivity index (χ4n) is 1.62. The van der Waals surface area contributed by atoms with Gasteiger partial charge in [0.2, 0.25) is 6.79 Å². The van der Waals surface area contributed by atoms with Crippen molar-refractivity contribution >= 4 is 0 Å². The van der Waals surface area contributed by atoms with Gasteiger partial charge < -0.3 is 25.0 Å². The van der Waals surface area contributed by atoms with E-state index in [9.17, 15) is 5.11 Å². The van der Waals surface area contributed by atoms with Gasteiger partial charge in [-0.05, 0) is 24.6 Å². The lowest BCUT2D eigenvalue weighted by Crippen LogP contribution is -2.32. The number of aliphatic hydroxyl groups excluding tert-OH is 2. The highest BCUT2D eigenvalue weighted by Gasteiger charge is 2.16. The molecule has 0 aromatic heterocycles. The molecule has 1 aromatic carbocycles. The molecule has 0 fully saturated rings. The highest BCUT2D eigenvalue weighted by atomic mass is 16.7. The van der Waals surface area contributed by atoms with Gasteiger partial charge >= 0.3 is 0 Å². The van der Waals surface area contributed by atoms with E-state index in [2.05, 4.69) is 5.32 Å². The van der Waals surface area contributed by atoms with Gasteiger partial charge in [0.05, 0.1) is 12.7 Å². The standard InChI is InChI=1S/C12H17NO4/c1-8(6-14)13-5-10(15)9-2-3-11-12(4-9)17-7-16-11/h2-4,8,10,13-15H,5-7H2,1H3. The summed E-state index contributed by atoms with van der Waals surface area (Å²) in [4.78, 5) is 0. The molecule has 94 valence electrons. The monoisotopic (exact) mass is 239 g/mol. The fourth-order valence-corrected chi connectivity index (χ4v) is 1.62. The summed E-state index contributed by atoms with van der Waals surface area (Å²) in [5, 5.41) is 21.8. The molecule has 2 rings (SSSR count). The van der Waals surface area contributed by atoms with Crippen molar-refractivity contribution in [3.8, 4) is 11.5 Å². The third-order valence-corrected chi connectivity index (χ3v) is 2.71. The van der Waals surface area contributed by atoms with Gasteiger partial charge in [-0.25, -0.2) is 0 Å². The number of hydrogen-bond donors (Lipinski definition) is 3. The Labute approximate surface area is 100.0 Å². The molecule has 0 aliphatic carbocycles. The number of rotatable bonds is 5. The number of benzene rings is 1. The molecule has 2 atom stereocenters. The van der Waals surface area contributed by atoms with Crippen molar-refractivity contribution in [3.63, 3.8) is 0 Å². The molecule has 3 N–H and O–H groups in total. The van der Waals surface area contributed by atoms with Crippen LogP contribution in [0.3, 0.4) is 0 Å². The number of ether oxygens (including phenoxy) is 2. The molecule has 5 heteroatoms. The molecule has 0 amide bonds. The number of fused-ring (bicyclic) bond motifs is 1. The maximum Gasteiger partial charge on any atom is 0.231 e. The summed E-state index contributed by atoms with van der Waals surface area (Å²) in [7, 11) is 0. The summed E-state index contributed by atoms with van der Waals surface area (Å²) in [5.41, 5.74) is 0.770. The van der Waals surface area contributed by atoms with Gasteiger partial charge in [-0.1, -0.05) is 6.07 Å². The van der Waals surface area contributed by atoms with E-state index in [1.807, 2.05) is 13.0 Å². The van der Waals surface area contributed by atoms with E-state index < -0.39 is 6.10 Å². The third kappa shape index (κ3) is 2.88. The Kier molecular flexibility index (Phi) is 3.83. The summed E-state index contributed by atoms with van der Waals surface area (Å²) in [6.07, 6.45) is -0.626. The van der Waals surface area contributed by atoms with E-state index in [0.29, 0.717) is 18.0 Å². The second-order valence-electron chi connectivity index (χ2n) is 4.12. The topological polar surface area (TPSA) is 71.0 Å². The molecule has 1 aliphatic rings. The molecule has 17 heavy (non-hydrogen) atoms. The van der Waals surface area contributed by atoms with Crippen molar-refractivity contribution in [2.45, 2.75) is 19.1 Å². The molecule has 0 radical (unpaired) electrons. The smallest absolute Gasteiger partial charge is 0.231 e. The second kappa shape index (κ2) is 5.35. The number of nitrogens with one attached hydrogen (secondary N) is 1. The Morgan fingerprint density at radius 1 is 1.35 bits per heavy atom. The first-order chi connectivity index (χ1) is 8.20. The van der Waals surface area contributed by atoms with Gasteiger partial charge in [0, 0.05) is 12.6 Å². The molecule has 2 unspecified atom stereocenters. The van der Waals surface area contributed by atoms with Crippen molar-refractivity contribution in [2.75, 3.05) is 19.9 Å². The Bertz CT molecular complexity index is 383. The van der Waals surface area contributed by atoms with E-state index in [0.717, 1.165) is 5.56 Å². The predicted octanol–water partition coefficient (Wildman–Crippen LogP) is 0.419. The van der Waals surface area contributed by atoms with Crippen LogP contribution in [0.15, 0.2) is 18.2 Å². The van der Waals surface area contributed by atoms with Crippen molar-refractivity contribution < 1.29 is 19.7 Å². The highest BCUT2D eigenvalue weighted by Crippen LogP contribution is 2.34. The van der Waals surface area contributed by atoms with Crippen LogP contribution in [0.1, 0.15) is 18.6 Å². The minimum absolute atomic E-state index is 0.0290. The zero-order valence-corrected chi connectivity index (χ0v) is 9.72. The van der Waals surface area contributed by atoms with Crippen molar-refractivity contribution in [1.29, 1.82) is 0 Å². The second-order valence-corrected chi connectivity index (χ2v) is 4.12. The molecular weight excluding hydrogens is 222 g/mol. The number of aliphatic hydroxyl groups is 2. The lowest BCUT2D eigenvalue weighted by atomic mass is 10.1. The number of hydrogen-bond acceptors (Lipinski definition) is 5. The van der Waals surface area contributed by atoms with Gasteiger partial charge in [0.15, 0.2) is 11.5 Å². The van der Waals surface area contributed by atoms with Crippen LogP contribution in [0.5, 0.6) is 11.5 Å². The molecule has 1 aromatic rings. The zero-order valence-electron chi connectivity index (χ0n) is 9.72. The minimum atomic E-state index is -0.626. The summed E-state index contributed by atoms with van der Waals surface area (Å²) >= 11 is 0. The molecule has 5 nitrogen and oxygen atoms in total. The van der Waals surface area contributed by atoms with Crippen LogP contribution in [-0.4, -0.2) is 36.2 Å². The van der Waals surface area contributed by atoms with E-state index in [4.69, 9.17) is 14.6 Å². The van der Waals surface area contributed by atoms with Gasteiger partial charge in [-0.15, -0.1) is 0 Å². The van der Waals surface area contributed by atoms with Gasteiger partial charge in [-0.3, -0.25) is 0 Å².